The Kier molecular flexibility index (Phi) is 7.36. The van der Waals surface area contributed by atoms with Gasteiger partial charge in [-0.05, 0) is 17.9 Å². The Labute approximate surface area is 136 Å². The van der Waals surface area contributed by atoms with Crippen LogP contribution in [0.2, 0.25) is 5.31 Å². The molecule has 0 saturated heterocycles. The van der Waals surface area contributed by atoms with Gasteiger partial charge in [-0.2, -0.15) is 0 Å². The van der Waals surface area contributed by atoms with Gasteiger partial charge in [0.2, 0.25) is 0 Å². The van der Waals surface area contributed by atoms with Crippen LogP contribution in [0.4, 0.5) is 8.78 Å². The summed E-state index contributed by atoms with van der Waals surface area (Å²) in [6, 6.07) is 0. The van der Waals surface area contributed by atoms with Crippen LogP contribution in [-0.4, -0.2) is 35.3 Å². The average molecular weight is 330 g/mol. The van der Waals surface area contributed by atoms with Crippen molar-refractivity contribution >= 4 is 18.9 Å². The summed E-state index contributed by atoms with van der Waals surface area (Å²) < 4.78 is 27.6. The Bertz CT molecular complexity index is 451. The van der Waals surface area contributed by atoms with Gasteiger partial charge in [-0.3, -0.25) is 0 Å². The van der Waals surface area contributed by atoms with Gasteiger partial charge in [-0.15, -0.1) is 11.8 Å². The van der Waals surface area contributed by atoms with E-state index in [1.54, 1.807) is 12.2 Å². The summed E-state index contributed by atoms with van der Waals surface area (Å²) in [6.07, 6.45) is 5.67. The number of hydrogen-bond acceptors (Lipinski definition) is 3. The molecule has 0 fully saturated rings. The molecule has 1 rings (SSSR count). The van der Waals surface area contributed by atoms with Gasteiger partial charge in [0.1, 0.15) is 12.3 Å². The molecule has 0 aromatic rings. The van der Waals surface area contributed by atoms with E-state index >= 15 is 0 Å². The lowest BCUT2D eigenvalue weighted by Gasteiger charge is -2.30. The summed E-state index contributed by atoms with van der Waals surface area (Å²) in [6.45, 7) is 7.12. The molecule has 1 aliphatic carbocycles. The molecule has 0 spiro atoms. The molecule has 22 heavy (non-hydrogen) atoms. The molecule has 4 unspecified atom stereocenters. The van der Waals surface area contributed by atoms with Crippen molar-refractivity contribution in [3.05, 3.63) is 35.3 Å². The van der Waals surface area contributed by atoms with Crippen LogP contribution in [0.1, 0.15) is 27.7 Å². The van der Waals surface area contributed by atoms with Crippen LogP contribution in [0.3, 0.4) is 0 Å². The fraction of sp³-hybridized carbons (Fsp3) is 0.625. The SMILES string of the molecule is CC(/C=C\C(F)C(C)C)CSC1=CC(F)C(C)(B(O)O)C=C1. The van der Waals surface area contributed by atoms with E-state index in [1.807, 2.05) is 26.8 Å². The predicted octanol–water partition coefficient (Wildman–Crippen LogP) is 3.93. The maximum atomic E-state index is 14.1. The van der Waals surface area contributed by atoms with Gasteiger partial charge in [0, 0.05) is 10.7 Å². The third-order valence-electron chi connectivity index (χ3n) is 3.84. The highest BCUT2D eigenvalue weighted by Gasteiger charge is 2.43. The van der Waals surface area contributed by atoms with Gasteiger partial charge in [0.25, 0.3) is 0 Å². The van der Waals surface area contributed by atoms with Crippen molar-refractivity contribution in [3.63, 3.8) is 0 Å². The zero-order valence-electron chi connectivity index (χ0n) is 13.5. The molecule has 2 nitrogen and oxygen atoms in total. The van der Waals surface area contributed by atoms with Crippen molar-refractivity contribution in [2.45, 2.75) is 45.4 Å². The van der Waals surface area contributed by atoms with Gasteiger partial charge >= 0.3 is 7.12 Å². The van der Waals surface area contributed by atoms with Crippen molar-refractivity contribution in [2.24, 2.45) is 11.8 Å². The van der Waals surface area contributed by atoms with Crippen LogP contribution in [0.15, 0.2) is 35.3 Å². The maximum absolute atomic E-state index is 14.1. The molecule has 0 aromatic carbocycles. The summed E-state index contributed by atoms with van der Waals surface area (Å²) in [5, 5.41) is 17.2. The summed E-state index contributed by atoms with van der Waals surface area (Å²) in [5.41, 5.74) is 0. The first kappa shape index (κ1) is 19.5. The first-order valence-electron chi connectivity index (χ1n) is 7.53. The third kappa shape index (κ3) is 5.25. The first-order chi connectivity index (χ1) is 10.2. The Morgan fingerprint density at radius 1 is 1.36 bits per heavy atom. The molecule has 4 atom stereocenters. The van der Waals surface area contributed by atoms with E-state index in [9.17, 15) is 18.8 Å². The Balaban J connectivity index is 2.52. The average Bonchev–Trinajstić information content (AvgIpc) is 2.45. The molecule has 1 aliphatic rings. The number of thioether (sulfide) groups is 1. The topological polar surface area (TPSA) is 40.5 Å². The largest absolute Gasteiger partial charge is 0.465 e. The molecule has 2 N–H and O–H groups in total. The Morgan fingerprint density at radius 2 is 2.00 bits per heavy atom. The molecular weight excluding hydrogens is 305 g/mol. The number of allylic oxidation sites excluding steroid dienone is 5. The van der Waals surface area contributed by atoms with Crippen molar-refractivity contribution in [1.29, 1.82) is 0 Å². The highest BCUT2D eigenvalue weighted by atomic mass is 32.2. The van der Waals surface area contributed by atoms with E-state index in [0.29, 0.717) is 5.75 Å². The zero-order chi connectivity index (χ0) is 16.9. The quantitative estimate of drug-likeness (QED) is 0.549. The Morgan fingerprint density at radius 3 is 2.50 bits per heavy atom. The van der Waals surface area contributed by atoms with E-state index in [0.717, 1.165) is 4.91 Å². The second-order valence-electron chi connectivity index (χ2n) is 6.41. The molecule has 0 aromatic heterocycles. The van der Waals surface area contributed by atoms with E-state index in [2.05, 4.69) is 0 Å². The van der Waals surface area contributed by atoms with Gasteiger partial charge < -0.3 is 10.0 Å². The van der Waals surface area contributed by atoms with Crippen molar-refractivity contribution in [3.8, 4) is 0 Å². The summed E-state index contributed by atoms with van der Waals surface area (Å²) in [4.78, 5) is 0.756. The fourth-order valence-electron chi connectivity index (χ4n) is 1.86. The maximum Gasteiger partial charge on any atom is 0.465 e. The standard InChI is InChI=1S/C16H25BF2O2S/c1-11(2)14(18)6-5-12(3)10-22-13-7-8-16(4,17(20)21)15(19)9-13/h5-9,11-12,14-15,20-21H,10H2,1-4H3/b6-5-. The van der Waals surface area contributed by atoms with Gasteiger partial charge in [-0.1, -0.05) is 52.0 Å². The van der Waals surface area contributed by atoms with Crippen LogP contribution in [-0.2, 0) is 0 Å². The van der Waals surface area contributed by atoms with Crippen LogP contribution in [0, 0.1) is 11.8 Å². The number of alkyl halides is 2. The van der Waals surface area contributed by atoms with E-state index < -0.39 is 24.8 Å². The molecule has 6 heteroatoms. The molecular formula is C16H25BF2O2S. The normalized spacial score (nSPS) is 28.0. The smallest absolute Gasteiger partial charge is 0.426 e. The van der Waals surface area contributed by atoms with E-state index in [1.165, 1.54) is 30.8 Å². The molecule has 0 aliphatic heterocycles. The lowest BCUT2D eigenvalue weighted by atomic mass is 9.55. The molecule has 0 radical (unpaired) electrons. The van der Waals surface area contributed by atoms with Crippen LogP contribution >= 0.6 is 11.8 Å². The van der Waals surface area contributed by atoms with Gasteiger partial charge in [0.05, 0.1) is 5.31 Å². The highest BCUT2D eigenvalue weighted by Crippen LogP contribution is 2.42. The monoisotopic (exact) mass is 330 g/mol. The van der Waals surface area contributed by atoms with Crippen LogP contribution < -0.4 is 0 Å². The summed E-state index contributed by atoms with van der Waals surface area (Å²) >= 11 is 1.48. The lowest BCUT2D eigenvalue weighted by Crippen LogP contribution is -2.37. The van der Waals surface area contributed by atoms with Crippen LogP contribution in [0.25, 0.3) is 0 Å². The van der Waals surface area contributed by atoms with Crippen molar-refractivity contribution in [1.82, 2.24) is 0 Å². The zero-order valence-corrected chi connectivity index (χ0v) is 14.4. The fourth-order valence-corrected chi connectivity index (χ4v) is 2.81. The van der Waals surface area contributed by atoms with Gasteiger partial charge in [-0.25, -0.2) is 8.78 Å². The molecule has 0 bridgehead atoms. The second kappa shape index (κ2) is 8.32. The highest BCUT2D eigenvalue weighted by molar-refractivity contribution is 8.03. The minimum atomic E-state index is -1.74. The van der Waals surface area contributed by atoms with Crippen molar-refractivity contribution < 1.29 is 18.8 Å². The summed E-state index contributed by atoms with van der Waals surface area (Å²) in [7, 11) is -1.74. The summed E-state index contributed by atoms with van der Waals surface area (Å²) in [5.74, 6) is 0.851. The second-order valence-corrected chi connectivity index (χ2v) is 7.50. The molecule has 0 amide bonds. The minimum absolute atomic E-state index is 0.0324. The molecule has 124 valence electrons. The number of halogens is 2. The number of rotatable bonds is 7. The van der Waals surface area contributed by atoms with Crippen LogP contribution in [0.5, 0.6) is 0 Å². The third-order valence-corrected chi connectivity index (χ3v) is 5.14. The molecule has 0 heterocycles. The Hall–Kier alpha value is -0.585. The van der Waals surface area contributed by atoms with E-state index in [4.69, 9.17) is 0 Å². The first-order valence-corrected chi connectivity index (χ1v) is 8.51. The molecule has 0 saturated carbocycles. The van der Waals surface area contributed by atoms with Gasteiger partial charge in [0.15, 0.2) is 0 Å². The number of hydrogen-bond donors (Lipinski definition) is 2. The lowest BCUT2D eigenvalue weighted by molar-refractivity contribution is 0.278. The predicted molar refractivity (Wildman–Crippen MR) is 91.2 cm³/mol. The van der Waals surface area contributed by atoms with Crippen molar-refractivity contribution in [2.75, 3.05) is 5.75 Å². The van der Waals surface area contributed by atoms with E-state index in [-0.39, 0.29) is 11.8 Å². The minimum Gasteiger partial charge on any atom is -0.426 e.